The summed E-state index contributed by atoms with van der Waals surface area (Å²) >= 11 is 16.8. The van der Waals surface area contributed by atoms with Crippen molar-refractivity contribution in [3.63, 3.8) is 0 Å². The van der Waals surface area contributed by atoms with Crippen LogP contribution in [0.1, 0.15) is 0 Å². The molecule has 0 aliphatic rings. The maximum absolute atomic E-state index is 5.89. The van der Waals surface area contributed by atoms with Crippen molar-refractivity contribution in [1.29, 1.82) is 0 Å². The first kappa shape index (κ1) is 10.6. The third-order valence-electron chi connectivity index (χ3n) is 1.81. The maximum atomic E-state index is 5.89. The molecule has 0 unspecified atom stereocenters. The van der Waals surface area contributed by atoms with Gasteiger partial charge in [0, 0.05) is 21.8 Å². The first-order chi connectivity index (χ1) is 7.15. The zero-order valence-corrected chi connectivity index (χ0v) is 9.83. The smallest absolute Gasteiger partial charge is 0.138 e. The molecule has 5 heteroatoms. The number of halogens is 2. The van der Waals surface area contributed by atoms with Crippen molar-refractivity contribution in [3.8, 4) is 11.4 Å². The zero-order chi connectivity index (χ0) is 10.8. The van der Waals surface area contributed by atoms with Gasteiger partial charge in [0.2, 0.25) is 0 Å². The minimum absolute atomic E-state index is 0.572. The van der Waals surface area contributed by atoms with E-state index in [4.69, 9.17) is 35.4 Å². The lowest BCUT2D eigenvalue weighted by Crippen LogP contribution is -1.88. The average Bonchev–Trinajstić information content (AvgIpc) is 2.16. The van der Waals surface area contributed by atoms with Crippen molar-refractivity contribution in [2.24, 2.45) is 0 Å². The molecule has 15 heavy (non-hydrogen) atoms. The summed E-state index contributed by atoms with van der Waals surface area (Å²) in [5.74, 6) is 0.659. The summed E-state index contributed by atoms with van der Waals surface area (Å²) in [6.07, 6.45) is 1.64. The summed E-state index contributed by atoms with van der Waals surface area (Å²) in [6, 6.07) is 6.94. The minimum atomic E-state index is 0.572. The van der Waals surface area contributed by atoms with Gasteiger partial charge in [-0.3, -0.25) is 0 Å². The fourth-order valence-corrected chi connectivity index (χ4v) is 1.89. The van der Waals surface area contributed by atoms with Gasteiger partial charge in [-0.1, -0.05) is 35.4 Å². The minimum Gasteiger partial charge on any atom is -0.331 e. The molecular weight excluding hydrogens is 251 g/mol. The second-order valence-electron chi connectivity index (χ2n) is 2.94. The molecule has 2 nitrogen and oxygen atoms in total. The number of H-pyrrole nitrogens is 1. The quantitative estimate of drug-likeness (QED) is 0.778. The van der Waals surface area contributed by atoms with Crippen LogP contribution in [0.3, 0.4) is 0 Å². The third-order valence-corrected chi connectivity index (χ3v) is 2.48. The Balaban J connectivity index is 2.58. The van der Waals surface area contributed by atoms with Crippen LogP contribution in [0.5, 0.6) is 0 Å². The molecule has 0 amide bonds. The van der Waals surface area contributed by atoms with Crippen LogP contribution in [0.15, 0.2) is 30.5 Å². The van der Waals surface area contributed by atoms with E-state index in [0.29, 0.717) is 20.5 Å². The number of nitrogens with zero attached hydrogens (tertiary/aromatic N) is 1. The molecule has 0 radical (unpaired) electrons. The van der Waals surface area contributed by atoms with Gasteiger partial charge >= 0.3 is 0 Å². The van der Waals surface area contributed by atoms with Crippen LogP contribution in [-0.4, -0.2) is 9.97 Å². The van der Waals surface area contributed by atoms with Crippen molar-refractivity contribution in [2.75, 3.05) is 0 Å². The van der Waals surface area contributed by atoms with Gasteiger partial charge in [-0.05, 0) is 24.3 Å². The third kappa shape index (κ3) is 2.56. The van der Waals surface area contributed by atoms with Gasteiger partial charge in [-0.2, -0.15) is 0 Å². The van der Waals surface area contributed by atoms with E-state index in [1.165, 1.54) is 0 Å². The van der Waals surface area contributed by atoms with Crippen LogP contribution in [0.2, 0.25) is 10.0 Å². The number of hydrogen-bond acceptors (Lipinski definition) is 2. The van der Waals surface area contributed by atoms with Gasteiger partial charge in [0.25, 0.3) is 0 Å². The van der Waals surface area contributed by atoms with Crippen molar-refractivity contribution >= 4 is 35.4 Å². The van der Waals surface area contributed by atoms with E-state index in [1.54, 1.807) is 30.5 Å². The Bertz CT molecular complexity index is 531. The van der Waals surface area contributed by atoms with Crippen LogP contribution in [0.25, 0.3) is 11.4 Å². The zero-order valence-electron chi connectivity index (χ0n) is 7.50. The molecule has 0 bridgehead atoms. The molecule has 1 N–H and O–H groups in total. The van der Waals surface area contributed by atoms with E-state index >= 15 is 0 Å². The fraction of sp³-hybridized carbons (Fsp3) is 0. The Morgan fingerprint density at radius 3 is 2.40 bits per heavy atom. The lowest BCUT2D eigenvalue weighted by molar-refractivity contribution is 1.16. The molecule has 1 aromatic carbocycles. The Hall–Kier alpha value is -0.900. The second kappa shape index (κ2) is 4.31. The molecule has 0 fully saturated rings. The predicted molar refractivity (Wildman–Crippen MR) is 64.9 cm³/mol. The van der Waals surface area contributed by atoms with Crippen molar-refractivity contribution < 1.29 is 0 Å². The van der Waals surface area contributed by atoms with E-state index < -0.39 is 0 Å². The summed E-state index contributed by atoms with van der Waals surface area (Å²) in [6.45, 7) is 0. The van der Waals surface area contributed by atoms with E-state index in [0.717, 1.165) is 5.56 Å². The van der Waals surface area contributed by atoms with Crippen LogP contribution < -0.4 is 0 Å². The Morgan fingerprint density at radius 2 is 1.80 bits per heavy atom. The summed E-state index contributed by atoms with van der Waals surface area (Å²) in [7, 11) is 0. The lowest BCUT2D eigenvalue weighted by Gasteiger charge is -2.02. The number of nitrogens with one attached hydrogen (secondary N) is 1. The molecule has 0 aliphatic carbocycles. The molecule has 0 aliphatic heterocycles. The standard InChI is InChI=1S/C10H6Cl2N2S/c11-7-3-6(4-8(12)5-7)10-13-2-1-9(15)14-10/h1-5H,(H,13,14,15). The van der Waals surface area contributed by atoms with Crippen LogP contribution in [0, 0.1) is 4.64 Å². The largest absolute Gasteiger partial charge is 0.331 e. The van der Waals surface area contributed by atoms with E-state index in [-0.39, 0.29) is 0 Å². The predicted octanol–water partition coefficient (Wildman–Crippen LogP) is 4.11. The fourth-order valence-electron chi connectivity index (χ4n) is 1.21. The molecule has 0 saturated carbocycles. The van der Waals surface area contributed by atoms with Gasteiger partial charge in [0.05, 0.1) is 0 Å². The average molecular weight is 257 g/mol. The summed E-state index contributed by atoms with van der Waals surface area (Å²) in [4.78, 5) is 7.12. The highest BCUT2D eigenvalue weighted by Crippen LogP contribution is 2.24. The van der Waals surface area contributed by atoms with Gasteiger partial charge in [-0.15, -0.1) is 0 Å². The molecular formula is C10H6Cl2N2S. The molecule has 0 saturated heterocycles. The Kier molecular flexibility index (Phi) is 3.05. The molecule has 0 spiro atoms. The normalized spacial score (nSPS) is 10.3. The summed E-state index contributed by atoms with van der Waals surface area (Å²) in [5.41, 5.74) is 0.819. The molecule has 1 heterocycles. The van der Waals surface area contributed by atoms with E-state index in [9.17, 15) is 0 Å². The lowest BCUT2D eigenvalue weighted by atomic mass is 10.2. The van der Waals surface area contributed by atoms with E-state index in [2.05, 4.69) is 9.97 Å². The highest BCUT2D eigenvalue weighted by atomic mass is 35.5. The van der Waals surface area contributed by atoms with Crippen LogP contribution >= 0.6 is 35.4 Å². The SMILES string of the molecule is S=c1ccnc(-c2cc(Cl)cc(Cl)c2)[nH]1. The number of hydrogen-bond donors (Lipinski definition) is 1. The maximum Gasteiger partial charge on any atom is 0.138 e. The monoisotopic (exact) mass is 256 g/mol. The first-order valence-corrected chi connectivity index (χ1v) is 5.33. The Labute approximate surface area is 102 Å². The number of benzene rings is 1. The number of rotatable bonds is 1. The van der Waals surface area contributed by atoms with Crippen molar-refractivity contribution in [1.82, 2.24) is 9.97 Å². The highest BCUT2D eigenvalue weighted by molar-refractivity contribution is 7.71. The molecule has 0 atom stereocenters. The summed E-state index contributed by atoms with van der Waals surface area (Å²) in [5, 5.41) is 1.14. The molecule has 2 rings (SSSR count). The van der Waals surface area contributed by atoms with Crippen molar-refractivity contribution in [2.45, 2.75) is 0 Å². The molecule has 76 valence electrons. The topological polar surface area (TPSA) is 28.7 Å². The van der Waals surface area contributed by atoms with Gasteiger partial charge in [0.1, 0.15) is 10.5 Å². The highest BCUT2D eigenvalue weighted by Gasteiger charge is 2.02. The summed E-state index contributed by atoms with van der Waals surface area (Å²) < 4.78 is 0.621. The van der Waals surface area contributed by atoms with E-state index in [1.807, 2.05) is 0 Å². The van der Waals surface area contributed by atoms with Gasteiger partial charge in [-0.25, -0.2) is 4.98 Å². The molecule has 1 aromatic heterocycles. The second-order valence-corrected chi connectivity index (χ2v) is 4.25. The Morgan fingerprint density at radius 1 is 1.13 bits per heavy atom. The first-order valence-electron chi connectivity index (χ1n) is 4.17. The number of aromatic amines is 1. The van der Waals surface area contributed by atoms with Gasteiger partial charge in [0.15, 0.2) is 0 Å². The van der Waals surface area contributed by atoms with Crippen LogP contribution in [0.4, 0.5) is 0 Å². The van der Waals surface area contributed by atoms with Crippen molar-refractivity contribution in [3.05, 3.63) is 45.1 Å². The van der Waals surface area contributed by atoms with Crippen LogP contribution in [-0.2, 0) is 0 Å². The number of aromatic nitrogens is 2. The molecule has 2 aromatic rings. The van der Waals surface area contributed by atoms with Gasteiger partial charge < -0.3 is 4.98 Å².